The van der Waals surface area contributed by atoms with Crippen LogP contribution in [0.25, 0.3) is 11.1 Å². The van der Waals surface area contributed by atoms with Gasteiger partial charge in [0.25, 0.3) is 5.91 Å². The lowest BCUT2D eigenvalue weighted by molar-refractivity contribution is 0.0603. The summed E-state index contributed by atoms with van der Waals surface area (Å²) in [6.45, 7) is 8.01. The Hall–Kier alpha value is -2.92. The molecule has 0 radical (unpaired) electrons. The molecule has 5 heteroatoms. The van der Waals surface area contributed by atoms with Crippen molar-refractivity contribution >= 4 is 28.2 Å². The first-order valence-electron chi connectivity index (χ1n) is 8.99. The van der Waals surface area contributed by atoms with E-state index in [0.717, 1.165) is 27.1 Å². The first-order valence-corrected chi connectivity index (χ1v) is 9.80. The van der Waals surface area contributed by atoms with E-state index in [1.165, 1.54) is 24.0 Å². The van der Waals surface area contributed by atoms with Gasteiger partial charge in [-0.15, -0.1) is 11.3 Å². The van der Waals surface area contributed by atoms with Crippen LogP contribution in [0.3, 0.4) is 0 Å². The van der Waals surface area contributed by atoms with Gasteiger partial charge in [0.05, 0.1) is 7.11 Å². The number of esters is 1. The monoisotopic (exact) mass is 393 g/mol. The number of carbonyl (C=O) groups excluding carboxylic acids is 2. The van der Waals surface area contributed by atoms with Gasteiger partial charge in [-0.2, -0.15) is 0 Å². The highest BCUT2D eigenvalue weighted by Crippen LogP contribution is 2.41. The molecule has 3 aromatic rings. The van der Waals surface area contributed by atoms with Crippen LogP contribution in [0, 0.1) is 27.7 Å². The summed E-state index contributed by atoms with van der Waals surface area (Å²) in [6, 6.07) is 13.4. The van der Waals surface area contributed by atoms with Gasteiger partial charge in [0.1, 0.15) is 10.6 Å². The van der Waals surface area contributed by atoms with E-state index in [2.05, 4.69) is 11.4 Å². The maximum Gasteiger partial charge on any atom is 0.341 e. The molecule has 0 unspecified atom stereocenters. The number of anilines is 1. The van der Waals surface area contributed by atoms with Crippen molar-refractivity contribution < 1.29 is 14.3 Å². The van der Waals surface area contributed by atoms with Gasteiger partial charge in [0.2, 0.25) is 0 Å². The van der Waals surface area contributed by atoms with E-state index in [1.807, 2.05) is 52.0 Å². The summed E-state index contributed by atoms with van der Waals surface area (Å²) in [5.41, 5.74) is 6.09. The van der Waals surface area contributed by atoms with Gasteiger partial charge in [-0.05, 0) is 56.5 Å². The minimum Gasteiger partial charge on any atom is -0.465 e. The smallest absolute Gasteiger partial charge is 0.341 e. The summed E-state index contributed by atoms with van der Waals surface area (Å²) in [5, 5.41) is 3.40. The average Bonchev–Trinajstić information content (AvgIpc) is 2.99. The average molecular weight is 394 g/mol. The van der Waals surface area contributed by atoms with E-state index in [-0.39, 0.29) is 5.91 Å². The molecule has 1 aromatic heterocycles. The predicted molar refractivity (Wildman–Crippen MR) is 114 cm³/mol. The molecule has 0 saturated carbocycles. The normalized spacial score (nSPS) is 10.6. The van der Waals surface area contributed by atoms with Gasteiger partial charge in [-0.3, -0.25) is 4.79 Å². The highest BCUT2D eigenvalue weighted by Gasteiger charge is 2.25. The van der Waals surface area contributed by atoms with Crippen LogP contribution in [0.4, 0.5) is 5.00 Å². The van der Waals surface area contributed by atoms with Gasteiger partial charge < -0.3 is 10.1 Å². The number of hydrogen-bond donors (Lipinski definition) is 1. The Morgan fingerprint density at radius 1 is 0.929 bits per heavy atom. The fourth-order valence-electron chi connectivity index (χ4n) is 3.05. The van der Waals surface area contributed by atoms with E-state index >= 15 is 0 Å². The highest BCUT2D eigenvalue weighted by atomic mass is 32.1. The molecule has 0 bridgehead atoms. The Morgan fingerprint density at radius 3 is 2.21 bits per heavy atom. The van der Waals surface area contributed by atoms with Crippen molar-refractivity contribution in [3.8, 4) is 11.1 Å². The molecule has 0 aliphatic heterocycles. The minimum atomic E-state index is -0.461. The number of benzene rings is 2. The summed E-state index contributed by atoms with van der Waals surface area (Å²) in [5.74, 6) is -0.713. The summed E-state index contributed by atoms with van der Waals surface area (Å²) >= 11 is 1.38. The Bertz CT molecular complexity index is 1050. The molecule has 0 atom stereocenters. The van der Waals surface area contributed by atoms with E-state index in [9.17, 15) is 9.59 Å². The Balaban J connectivity index is 2.06. The number of nitrogens with one attached hydrogen (secondary N) is 1. The largest absolute Gasteiger partial charge is 0.465 e. The quantitative estimate of drug-likeness (QED) is 0.580. The van der Waals surface area contributed by atoms with Crippen molar-refractivity contribution in [3.05, 3.63) is 75.2 Å². The maximum absolute atomic E-state index is 12.7. The molecule has 0 aliphatic carbocycles. The van der Waals surface area contributed by atoms with Crippen molar-refractivity contribution in [2.24, 2.45) is 0 Å². The summed E-state index contributed by atoms with van der Waals surface area (Å²) < 4.78 is 5.03. The van der Waals surface area contributed by atoms with E-state index in [1.54, 1.807) is 12.1 Å². The lowest BCUT2D eigenvalue weighted by Crippen LogP contribution is -2.14. The van der Waals surface area contributed by atoms with Crippen molar-refractivity contribution in [1.29, 1.82) is 0 Å². The third-order valence-corrected chi connectivity index (χ3v) is 5.83. The lowest BCUT2D eigenvalue weighted by atomic mass is 9.97. The topological polar surface area (TPSA) is 55.4 Å². The third-order valence-electron chi connectivity index (χ3n) is 4.81. The zero-order valence-electron chi connectivity index (χ0n) is 16.7. The molecule has 0 aliphatic rings. The molecule has 0 saturated heterocycles. The molecule has 144 valence electrons. The van der Waals surface area contributed by atoms with E-state index < -0.39 is 5.97 Å². The number of thiophene rings is 1. The third kappa shape index (κ3) is 3.85. The highest BCUT2D eigenvalue weighted by molar-refractivity contribution is 7.17. The molecule has 2 aromatic carbocycles. The van der Waals surface area contributed by atoms with Gasteiger partial charge >= 0.3 is 5.97 Å². The SMILES string of the molecule is COC(=O)c1c(NC(=O)c2ccc(C)cc2)sc(C)c1-c1ccc(C)c(C)c1. The van der Waals surface area contributed by atoms with Crippen LogP contribution in [-0.4, -0.2) is 19.0 Å². The second-order valence-corrected chi connectivity index (χ2v) is 8.07. The zero-order valence-corrected chi connectivity index (χ0v) is 17.5. The van der Waals surface area contributed by atoms with E-state index in [4.69, 9.17) is 4.74 Å². The standard InChI is InChI=1S/C23H23NO3S/c1-13-6-9-17(10-7-13)21(25)24-22-20(23(26)27-5)19(16(4)28-22)18-11-8-14(2)15(3)12-18/h6-12H,1-5H3,(H,24,25). The first-order chi connectivity index (χ1) is 13.3. The van der Waals surface area contributed by atoms with Crippen molar-refractivity contribution in [1.82, 2.24) is 0 Å². The summed E-state index contributed by atoms with van der Waals surface area (Å²) in [6.07, 6.45) is 0. The maximum atomic E-state index is 12.7. The summed E-state index contributed by atoms with van der Waals surface area (Å²) in [4.78, 5) is 26.2. The fraction of sp³-hybridized carbons (Fsp3) is 0.217. The number of aryl methyl sites for hydroxylation is 4. The fourth-order valence-corrected chi connectivity index (χ4v) is 4.11. The molecule has 3 rings (SSSR count). The number of carbonyl (C=O) groups is 2. The minimum absolute atomic E-state index is 0.252. The van der Waals surface area contributed by atoms with Gasteiger partial charge in [0.15, 0.2) is 0 Å². The van der Waals surface area contributed by atoms with Crippen LogP contribution in [0.15, 0.2) is 42.5 Å². The van der Waals surface area contributed by atoms with Gasteiger partial charge in [-0.25, -0.2) is 4.79 Å². The van der Waals surface area contributed by atoms with Crippen LogP contribution in [-0.2, 0) is 4.74 Å². The zero-order chi connectivity index (χ0) is 20.4. The van der Waals surface area contributed by atoms with Crippen molar-refractivity contribution in [2.75, 3.05) is 12.4 Å². The second-order valence-electron chi connectivity index (χ2n) is 6.85. The van der Waals surface area contributed by atoms with Crippen LogP contribution in [0.1, 0.15) is 42.3 Å². The van der Waals surface area contributed by atoms with Crippen molar-refractivity contribution in [2.45, 2.75) is 27.7 Å². The number of rotatable bonds is 4. The number of hydrogen-bond acceptors (Lipinski definition) is 4. The molecule has 28 heavy (non-hydrogen) atoms. The number of methoxy groups -OCH3 is 1. The molecule has 1 heterocycles. The van der Waals surface area contributed by atoms with Crippen LogP contribution in [0.5, 0.6) is 0 Å². The molecule has 4 nitrogen and oxygen atoms in total. The Morgan fingerprint density at radius 2 is 1.61 bits per heavy atom. The second kappa shape index (κ2) is 7.98. The number of amides is 1. The molecule has 0 spiro atoms. The molecular weight excluding hydrogens is 370 g/mol. The molecular formula is C23H23NO3S. The predicted octanol–water partition coefficient (Wildman–Crippen LogP) is 5.69. The molecule has 1 amide bonds. The lowest BCUT2D eigenvalue weighted by Gasteiger charge is -2.10. The first kappa shape index (κ1) is 19.8. The van der Waals surface area contributed by atoms with Gasteiger partial charge in [-0.1, -0.05) is 35.9 Å². The summed E-state index contributed by atoms with van der Waals surface area (Å²) in [7, 11) is 1.35. The van der Waals surface area contributed by atoms with Crippen LogP contribution in [0.2, 0.25) is 0 Å². The molecule has 0 fully saturated rings. The Kier molecular flexibility index (Phi) is 5.66. The van der Waals surface area contributed by atoms with Crippen molar-refractivity contribution in [3.63, 3.8) is 0 Å². The van der Waals surface area contributed by atoms with Crippen LogP contribution >= 0.6 is 11.3 Å². The van der Waals surface area contributed by atoms with Gasteiger partial charge in [0, 0.05) is 16.0 Å². The Labute approximate surface area is 169 Å². The molecule has 1 N–H and O–H groups in total. The number of ether oxygens (including phenoxy) is 1. The van der Waals surface area contributed by atoms with E-state index in [0.29, 0.717) is 16.1 Å². The van der Waals surface area contributed by atoms with Crippen LogP contribution < -0.4 is 5.32 Å².